The van der Waals surface area contributed by atoms with Crippen LogP contribution in [-0.4, -0.2) is 18.2 Å². The lowest BCUT2D eigenvalue weighted by atomic mass is 10.2. The zero-order valence-electron chi connectivity index (χ0n) is 12.7. The Morgan fingerprint density at radius 1 is 1.00 bits per heavy atom. The minimum absolute atomic E-state index is 0.0698. The van der Waals surface area contributed by atoms with Crippen LogP contribution in [0.1, 0.15) is 5.56 Å². The summed E-state index contributed by atoms with van der Waals surface area (Å²) in [5.74, 6) is 0.374. The van der Waals surface area contributed by atoms with Crippen LogP contribution in [0.3, 0.4) is 0 Å². The lowest BCUT2D eigenvalue weighted by Gasteiger charge is -2.07. The Kier molecular flexibility index (Phi) is 4.16. The van der Waals surface area contributed by atoms with Crippen LogP contribution in [0.25, 0.3) is 11.3 Å². The summed E-state index contributed by atoms with van der Waals surface area (Å²) < 4.78 is 28.8. The highest BCUT2D eigenvalue weighted by atomic mass is 32.2. The first-order valence-corrected chi connectivity index (χ1v) is 8.83. The lowest BCUT2D eigenvalue weighted by Crippen LogP contribution is -2.17. The van der Waals surface area contributed by atoms with Crippen LogP contribution >= 0.6 is 0 Å². The molecule has 1 aromatic heterocycles. The van der Waals surface area contributed by atoms with Gasteiger partial charge in [-0.05, 0) is 5.56 Å². The SMILES string of the molecule is Cn1nc(-c2ccccc2)cc1NS(=O)(=O)Cc1ccccc1. The second kappa shape index (κ2) is 6.26. The minimum Gasteiger partial charge on any atom is -0.267 e. The fraction of sp³-hybridized carbons (Fsp3) is 0.118. The van der Waals surface area contributed by atoms with E-state index in [0.717, 1.165) is 16.8 Å². The van der Waals surface area contributed by atoms with Crippen molar-refractivity contribution in [1.29, 1.82) is 0 Å². The molecule has 1 N–H and O–H groups in total. The summed E-state index contributed by atoms with van der Waals surface area (Å²) >= 11 is 0. The molecule has 23 heavy (non-hydrogen) atoms. The third-order valence-corrected chi connectivity index (χ3v) is 4.64. The van der Waals surface area contributed by atoms with E-state index in [-0.39, 0.29) is 5.75 Å². The zero-order valence-corrected chi connectivity index (χ0v) is 13.5. The first kappa shape index (κ1) is 15.3. The van der Waals surface area contributed by atoms with Gasteiger partial charge in [-0.3, -0.25) is 9.40 Å². The molecule has 0 spiro atoms. The van der Waals surface area contributed by atoms with E-state index in [1.165, 1.54) is 4.68 Å². The largest absolute Gasteiger partial charge is 0.267 e. The summed E-state index contributed by atoms with van der Waals surface area (Å²) in [4.78, 5) is 0. The van der Waals surface area contributed by atoms with Gasteiger partial charge in [0.15, 0.2) is 0 Å². The smallest absolute Gasteiger partial charge is 0.238 e. The maximum Gasteiger partial charge on any atom is 0.238 e. The van der Waals surface area contributed by atoms with E-state index in [9.17, 15) is 8.42 Å². The van der Waals surface area contributed by atoms with Gasteiger partial charge >= 0.3 is 0 Å². The summed E-state index contributed by atoms with van der Waals surface area (Å²) in [6.45, 7) is 0. The number of sulfonamides is 1. The summed E-state index contributed by atoms with van der Waals surface area (Å²) in [6, 6.07) is 20.5. The van der Waals surface area contributed by atoms with E-state index < -0.39 is 10.0 Å². The van der Waals surface area contributed by atoms with E-state index >= 15 is 0 Å². The van der Waals surface area contributed by atoms with Gasteiger partial charge in [0.25, 0.3) is 0 Å². The molecule has 6 heteroatoms. The maximum atomic E-state index is 12.3. The fourth-order valence-corrected chi connectivity index (χ4v) is 3.51. The van der Waals surface area contributed by atoms with Gasteiger partial charge in [0, 0.05) is 18.7 Å². The molecule has 0 saturated carbocycles. The molecule has 118 valence electrons. The Labute approximate surface area is 135 Å². The molecule has 0 bridgehead atoms. The van der Waals surface area contributed by atoms with Crippen LogP contribution in [0.2, 0.25) is 0 Å². The van der Waals surface area contributed by atoms with Gasteiger partial charge in [0.05, 0.1) is 11.4 Å². The number of aromatic nitrogens is 2. The number of aryl methyl sites for hydroxylation is 1. The quantitative estimate of drug-likeness (QED) is 0.783. The Morgan fingerprint density at radius 3 is 2.26 bits per heavy atom. The molecule has 0 amide bonds. The molecule has 0 atom stereocenters. The van der Waals surface area contributed by atoms with E-state index in [1.807, 2.05) is 48.5 Å². The molecule has 0 saturated heterocycles. The van der Waals surface area contributed by atoms with Crippen LogP contribution in [0, 0.1) is 0 Å². The number of hydrogen-bond donors (Lipinski definition) is 1. The first-order valence-electron chi connectivity index (χ1n) is 7.17. The van der Waals surface area contributed by atoms with E-state index in [0.29, 0.717) is 5.82 Å². The average Bonchev–Trinajstić information content (AvgIpc) is 2.89. The van der Waals surface area contributed by atoms with Crippen molar-refractivity contribution in [1.82, 2.24) is 9.78 Å². The molecule has 0 aliphatic rings. The zero-order chi connectivity index (χ0) is 16.3. The monoisotopic (exact) mass is 327 g/mol. The number of nitrogens with zero attached hydrogens (tertiary/aromatic N) is 2. The molecule has 0 fully saturated rings. The number of rotatable bonds is 5. The average molecular weight is 327 g/mol. The van der Waals surface area contributed by atoms with Crippen LogP contribution in [0.15, 0.2) is 66.7 Å². The van der Waals surface area contributed by atoms with Crippen LogP contribution in [0.4, 0.5) is 5.82 Å². The number of hydrogen-bond acceptors (Lipinski definition) is 3. The highest BCUT2D eigenvalue weighted by Crippen LogP contribution is 2.22. The molecule has 0 aliphatic heterocycles. The Balaban J connectivity index is 1.81. The second-order valence-electron chi connectivity index (χ2n) is 5.25. The van der Waals surface area contributed by atoms with Crippen LogP contribution < -0.4 is 4.72 Å². The van der Waals surface area contributed by atoms with Crippen molar-refractivity contribution in [3.05, 3.63) is 72.3 Å². The van der Waals surface area contributed by atoms with Crippen molar-refractivity contribution in [3.63, 3.8) is 0 Å². The lowest BCUT2D eigenvalue weighted by molar-refractivity contribution is 0.599. The third kappa shape index (κ3) is 3.78. The standard InChI is InChI=1S/C17H17N3O2S/c1-20-17(12-16(18-20)15-10-6-3-7-11-15)19-23(21,22)13-14-8-4-2-5-9-14/h2-12,19H,13H2,1H3. The molecule has 2 aromatic carbocycles. The van der Waals surface area contributed by atoms with Gasteiger partial charge in [-0.25, -0.2) is 8.42 Å². The molecular weight excluding hydrogens is 310 g/mol. The van der Waals surface area contributed by atoms with Gasteiger partial charge in [0.2, 0.25) is 10.0 Å². The van der Waals surface area contributed by atoms with E-state index in [1.54, 1.807) is 25.2 Å². The predicted molar refractivity (Wildman–Crippen MR) is 91.3 cm³/mol. The molecule has 0 radical (unpaired) electrons. The highest BCUT2D eigenvalue weighted by Gasteiger charge is 2.15. The predicted octanol–water partition coefficient (Wildman–Crippen LogP) is 3.03. The van der Waals surface area contributed by atoms with Crippen LogP contribution in [0.5, 0.6) is 0 Å². The van der Waals surface area contributed by atoms with Gasteiger partial charge in [-0.2, -0.15) is 5.10 Å². The Bertz CT molecular complexity index is 888. The molecule has 3 rings (SSSR count). The molecule has 0 unspecified atom stereocenters. The van der Waals surface area contributed by atoms with Gasteiger partial charge in [0.1, 0.15) is 5.82 Å². The van der Waals surface area contributed by atoms with Gasteiger partial charge in [-0.1, -0.05) is 60.7 Å². The molecular formula is C17H17N3O2S. The summed E-state index contributed by atoms with van der Waals surface area (Å²) in [6.07, 6.45) is 0. The van der Waals surface area contributed by atoms with Gasteiger partial charge < -0.3 is 0 Å². The molecule has 1 heterocycles. The maximum absolute atomic E-state index is 12.3. The van der Waals surface area contributed by atoms with E-state index in [2.05, 4.69) is 9.82 Å². The highest BCUT2D eigenvalue weighted by molar-refractivity contribution is 7.91. The Hall–Kier alpha value is -2.60. The first-order chi connectivity index (χ1) is 11.0. The number of anilines is 1. The van der Waals surface area contributed by atoms with Crippen molar-refractivity contribution in [2.24, 2.45) is 7.05 Å². The van der Waals surface area contributed by atoms with Crippen molar-refractivity contribution in [2.45, 2.75) is 5.75 Å². The second-order valence-corrected chi connectivity index (χ2v) is 6.97. The van der Waals surface area contributed by atoms with Crippen molar-refractivity contribution in [2.75, 3.05) is 4.72 Å². The van der Waals surface area contributed by atoms with Crippen LogP contribution in [-0.2, 0) is 22.8 Å². The van der Waals surface area contributed by atoms with Gasteiger partial charge in [-0.15, -0.1) is 0 Å². The molecule has 3 aromatic rings. The number of benzene rings is 2. The minimum atomic E-state index is -3.49. The summed E-state index contributed by atoms with van der Waals surface area (Å²) in [5, 5.41) is 4.36. The topological polar surface area (TPSA) is 64.0 Å². The normalized spacial score (nSPS) is 11.3. The summed E-state index contributed by atoms with van der Waals surface area (Å²) in [7, 11) is -1.77. The van der Waals surface area contributed by atoms with Crippen molar-refractivity contribution >= 4 is 15.8 Å². The van der Waals surface area contributed by atoms with Crippen molar-refractivity contribution in [3.8, 4) is 11.3 Å². The molecule has 5 nitrogen and oxygen atoms in total. The summed E-state index contributed by atoms with van der Waals surface area (Å²) in [5.41, 5.74) is 2.41. The number of nitrogens with one attached hydrogen (secondary N) is 1. The Morgan fingerprint density at radius 2 is 1.61 bits per heavy atom. The fourth-order valence-electron chi connectivity index (χ4n) is 2.30. The third-order valence-electron chi connectivity index (χ3n) is 3.41. The van der Waals surface area contributed by atoms with E-state index in [4.69, 9.17) is 0 Å². The van der Waals surface area contributed by atoms with Crippen molar-refractivity contribution < 1.29 is 8.42 Å². The molecule has 0 aliphatic carbocycles.